The number of amides is 3. The zero-order chi connectivity index (χ0) is 26.8. The quantitative estimate of drug-likeness (QED) is 0.398. The van der Waals surface area contributed by atoms with Gasteiger partial charge in [0.15, 0.2) is 0 Å². The van der Waals surface area contributed by atoms with E-state index in [9.17, 15) is 19.6 Å². The number of rotatable bonds is 7. The van der Waals surface area contributed by atoms with Gasteiger partial charge in [0.1, 0.15) is 12.1 Å². The molecule has 3 atom stereocenters. The number of likely N-dealkylation sites (N-methyl/N-ethyl adjacent to an activating group) is 1. The van der Waals surface area contributed by atoms with E-state index in [1.807, 2.05) is 58.9 Å². The summed E-state index contributed by atoms with van der Waals surface area (Å²) < 4.78 is 0. The molecule has 0 aromatic heterocycles. The van der Waals surface area contributed by atoms with Crippen molar-refractivity contribution in [2.24, 2.45) is 5.92 Å². The topological polar surface area (TPSA) is 129 Å². The van der Waals surface area contributed by atoms with Gasteiger partial charge in [-0.05, 0) is 44.7 Å². The number of fused-ring (bicyclic) bond motifs is 2. The van der Waals surface area contributed by atoms with E-state index in [2.05, 4.69) is 16.7 Å². The fourth-order valence-corrected chi connectivity index (χ4v) is 4.85. The molecular weight excluding hydrogens is 456 g/mol. The Labute approximate surface area is 213 Å². The number of hydrogen-bond acceptors (Lipinski definition) is 6. The van der Waals surface area contributed by atoms with Gasteiger partial charge in [-0.15, -0.1) is 0 Å². The van der Waals surface area contributed by atoms with Crippen molar-refractivity contribution in [3.8, 4) is 6.07 Å². The molecule has 36 heavy (non-hydrogen) atoms. The highest BCUT2D eigenvalue weighted by Gasteiger charge is 2.56. The van der Waals surface area contributed by atoms with Crippen LogP contribution in [0.3, 0.4) is 0 Å². The second-order valence-electron chi connectivity index (χ2n) is 11.1. The molecule has 1 aromatic rings. The van der Waals surface area contributed by atoms with E-state index in [0.717, 1.165) is 11.8 Å². The smallest absolute Gasteiger partial charge is 0.257 e. The molecule has 0 radical (unpaired) electrons. The van der Waals surface area contributed by atoms with Crippen molar-refractivity contribution in [2.45, 2.75) is 70.5 Å². The number of benzene rings is 1. The Morgan fingerprint density at radius 2 is 2.03 bits per heavy atom. The molecule has 2 aliphatic heterocycles. The van der Waals surface area contributed by atoms with Crippen molar-refractivity contribution < 1.29 is 14.4 Å². The first-order chi connectivity index (χ1) is 16.8. The average molecular weight is 493 g/mol. The second kappa shape index (κ2) is 10.1. The van der Waals surface area contributed by atoms with Crippen molar-refractivity contribution in [3.63, 3.8) is 0 Å². The molecular formula is C27H36N6O3. The average Bonchev–Trinajstić information content (AvgIpc) is 3.34. The van der Waals surface area contributed by atoms with Crippen LogP contribution in [0.2, 0.25) is 0 Å². The third-order valence-corrected chi connectivity index (χ3v) is 6.75. The fraction of sp³-hybridized carbons (Fsp3) is 0.519. The first-order valence-corrected chi connectivity index (χ1v) is 12.2. The Balaban J connectivity index is 1.93. The predicted octanol–water partition coefficient (Wildman–Crippen LogP) is 2.80. The molecule has 0 unspecified atom stereocenters. The number of nitrogens with one attached hydrogen (secondary N) is 3. The molecule has 1 spiro atoms. The van der Waals surface area contributed by atoms with Crippen LogP contribution >= 0.6 is 0 Å². The summed E-state index contributed by atoms with van der Waals surface area (Å²) in [5.41, 5.74) is 0.313. The minimum atomic E-state index is -0.992. The lowest BCUT2D eigenvalue weighted by molar-refractivity contribution is -0.143. The van der Waals surface area contributed by atoms with E-state index in [0.29, 0.717) is 12.1 Å². The summed E-state index contributed by atoms with van der Waals surface area (Å²) in [6, 6.07) is 7.92. The predicted molar refractivity (Wildman–Crippen MR) is 138 cm³/mol. The number of para-hydroxylation sites is 1. The normalized spacial score (nSPS) is 22.2. The molecule has 3 N–H and O–H groups in total. The first kappa shape index (κ1) is 26.9. The third kappa shape index (κ3) is 5.13. The van der Waals surface area contributed by atoms with Crippen LogP contribution in [0.5, 0.6) is 0 Å². The number of carbonyl (C=O) groups is 3. The van der Waals surface area contributed by atoms with Gasteiger partial charge in [0.2, 0.25) is 11.8 Å². The van der Waals surface area contributed by atoms with Crippen LogP contribution in [0.1, 0.15) is 53.0 Å². The van der Waals surface area contributed by atoms with Crippen LogP contribution in [0.25, 0.3) is 0 Å². The number of hydrogen-bond donors (Lipinski definition) is 3. The molecule has 9 nitrogen and oxygen atoms in total. The molecule has 9 heteroatoms. The Bertz CT molecular complexity index is 1130. The molecule has 2 heterocycles. The van der Waals surface area contributed by atoms with Crippen molar-refractivity contribution in [1.29, 1.82) is 10.7 Å². The Morgan fingerprint density at radius 1 is 1.36 bits per heavy atom. The van der Waals surface area contributed by atoms with Crippen molar-refractivity contribution in [2.75, 3.05) is 18.9 Å². The number of anilines is 1. The van der Waals surface area contributed by atoms with E-state index in [1.54, 1.807) is 7.05 Å². The highest BCUT2D eigenvalue weighted by molar-refractivity contribution is 6.12. The Morgan fingerprint density at radius 3 is 2.61 bits per heavy atom. The lowest BCUT2D eigenvalue weighted by Crippen LogP contribution is -2.52. The zero-order valence-corrected chi connectivity index (χ0v) is 21.9. The van der Waals surface area contributed by atoms with Crippen LogP contribution in [-0.2, 0) is 19.8 Å². The van der Waals surface area contributed by atoms with Crippen molar-refractivity contribution >= 4 is 29.6 Å². The maximum absolute atomic E-state index is 13.9. The number of nitriles is 1. The van der Waals surface area contributed by atoms with E-state index in [-0.39, 0.29) is 41.8 Å². The molecule has 2 aliphatic rings. The van der Waals surface area contributed by atoms with Crippen molar-refractivity contribution in [3.05, 3.63) is 41.6 Å². The monoisotopic (exact) mass is 492 g/mol. The fourth-order valence-electron chi connectivity index (χ4n) is 4.85. The van der Waals surface area contributed by atoms with Crippen LogP contribution in [0.4, 0.5) is 5.69 Å². The number of likely N-dealkylation sites (tertiary alicyclic amines) is 1. The summed E-state index contributed by atoms with van der Waals surface area (Å²) >= 11 is 0. The molecule has 192 valence electrons. The van der Waals surface area contributed by atoms with Gasteiger partial charge in [-0.2, -0.15) is 5.26 Å². The van der Waals surface area contributed by atoms with Gasteiger partial charge in [-0.1, -0.05) is 32.0 Å². The minimum absolute atomic E-state index is 0.0718. The van der Waals surface area contributed by atoms with Crippen LogP contribution < -0.4 is 10.6 Å². The molecule has 1 saturated heterocycles. The molecule has 1 aromatic carbocycles. The molecule has 0 bridgehead atoms. The SMILES string of the molecule is CC(C)C[C@@H](C(=O)N1C[C@]2(C[C@H]1C#N)C(=O)Nc1ccccc12)N(C)C(=O)/C(C=N)=C/NC(C)(C)C. The summed E-state index contributed by atoms with van der Waals surface area (Å²) in [6.45, 7) is 9.80. The highest BCUT2D eigenvalue weighted by Crippen LogP contribution is 2.46. The van der Waals surface area contributed by atoms with E-state index >= 15 is 0 Å². The highest BCUT2D eigenvalue weighted by atomic mass is 16.2. The lowest BCUT2D eigenvalue weighted by atomic mass is 9.80. The van der Waals surface area contributed by atoms with Gasteiger partial charge in [0.25, 0.3) is 5.91 Å². The van der Waals surface area contributed by atoms with Gasteiger partial charge in [0, 0.05) is 43.7 Å². The van der Waals surface area contributed by atoms with E-state index in [4.69, 9.17) is 5.41 Å². The molecule has 0 saturated carbocycles. The lowest BCUT2D eigenvalue weighted by Gasteiger charge is -2.33. The standard InChI is InChI=1S/C27H36N6O3/c1-17(2)11-22(32(6)23(34)18(13-28)15-30-26(3,4)5)24(35)33-16-27(12-19(33)14-29)20-9-7-8-10-21(20)31-25(27)36/h7-10,13,15,17,19,22,28,30H,11-12,16H2,1-6H3,(H,31,36)/b18-15+,28-13?/t19-,22-,27-/m0/s1. The van der Waals surface area contributed by atoms with E-state index in [1.165, 1.54) is 16.0 Å². The largest absolute Gasteiger partial charge is 0.386 e. The molecule has 3 rings (SSSR count). The summed E-state index contributed by atoms with van der Waals surface area (Å²) in [4.78, 5) is 43.2. The third-order valence-electron chi connectivity index (χ3n) is 6.75. The molecule has 3 amide bonds. The van der Waals surface area contributed by atoms with Gasteiger partial charge in [0.05, 0.1) is 17.1 Å². The zero-order valence-electron chi connectivity index (χ0n) is 21.9. The molecule has 0 aliphatic carbocycles. The maximum Gasteiger partial charge on any atom is 0.257 e. The Kier molecular flexibility index (Phi) is 7.58. The van der Waals surface area contributed by atoms with E-state index < -0.39 is 23.4 Å². The molecule has 1 fully saturated rings. The summed E-state index contributed by atoms with van der Waals surface area (Å²) in [7, 11) is 1.55. The van der Waals surface area contributed by atoms with Gasteiger partial charge < -0.3 is 25.8 Å². The summed E-state index contributed by atoms with van der Waals surface area (Å²) in [6.07, 6.45) is 3.04. The number of nitrogens with zero attached hydrogens (tertiary/aromatic N) is 3. The Hall–Kier alpha value is -3.67. The summed E-state index contributed by atoms with van der Waals surface area (Å²) in [5, 5.41) is 23.7. The minimum Gasteiger partial charge on any atom is -0.386 e. The van der Waals surface area contributed by atoms with Crippen LogP contribution in [0, 0.1) is 22.7 Å². The summed E-state index contributed by atoms with van der Waals surface area (Å²) in [5.74, 6) is -0.964. The van der Waals surface area contributed by atoms with Crippen LogP contribution in [0.15, 0.2) is 36.0 Å². The maximum atomic E-state index is 13.9. The van der Waals surface area contributed by atoms with Crippen LogP contribution in [-0.4, -0.2) is 65.0 Å². The number of carbonyl (C=O) groups excluding carboxylic acids is 3. The first-order valence-electron chi connectivity index (χ1n) is 12.2. The second-order valence-corrected chi connectivity index (χ2v) is 11.1. The van der Waals surface area contributed by atoms with Gasteiger partial charge >= 0.3 is 0 Å². The van der Waals surface area contributed by atoms with Gasteiger partial charge in [-0.25, -0.2) is 0 Å². The van der Waals surface area contributed by atoms with Crippen molar-refractivity contribution in [1.82, 2.24) is 15.1 Å². The van der Waals surface area contributed by atoms with Gasteiger partial charge in [-0.3, -0.25) is 14.4 Å².